The zero-order valence-electron chi connectivity index (χ0n) is 62.0. The summed E-state index contributed by atoms with van der Waals surface area (Å²) in [6.45, 7) is 71.5. The molecule has 4 unspecified atom stereocenters. The molecule has 18 nitrogen and oxygen atoms in total. The third kappa shape index (κ3) is 108. The molecule has 6 radical (unpaired) electrons. The second-order valence-corrected chi connectivity index (χ2v) is 27.2. The molecule has 0 rings (SSSR count). The van der Waals surface area contributed by atoms with Crippen LogP contribution in [0.15, 0.2) is 30.0 Å². The van der Waals surface area contributed by atoms with Gasteiger partial charge in [-0.15, -0.1) is 38.0 Å². The Kier molecular flexibility index (Phi) is 86.1. The van der Waals surface area contributed by atoms with Gasteiger partial charge in [0, 0.05) is 119 Å². The maximum Gasteiger partial charge on any atom is 0.00597 e. The Balaban J connectivity index is -0.0000000767. The number of rotatable bonds is 29. The van der Waals surface area contributed by atoms with E-state index >= 15 is 0 Å². The van der Waals surface area contributed by atoms with E-state index in [0.717, 1.165) is 85.2 Å². The van der Waals surface area contributed by atoms with E-state index in [-0.39, 0.29) is 134 Å². The first kappa shape index (κ1) is 114. The molecule has 24 heteroatoms. The van der Waals surface area contributed by atoms with Crippen molar-refractivity contribution in [3.63, 3.8) is 0 Å². The van der Waals surface area contributed by atoms with Crippen molar-refractivity contribution in [2.45, 2.75) is 251 Å². The summed E-state index contributed by atoms with van der Waals surface area (Å²) in [5, 5.41) is 25.7. The van der Waals surface area contributed by atoms with Crippen molar-refractivity contribution in [3.8, 4) is 0 Å². The molecule has 0 bridgehead atoms. The minimum absolute atomic E-state index is 0. The van der Waals surface area contributed by atoms with E-state index in [4.69, 9.17) is 0 Å². The molecule has 0 fully saturated rings. The molecule has 0 saturated heterocycles. The van der Waals surface area contributed by atoms with Crippen LogP contribution in [0, 0.1) is 0 Å². The summed E-state index contributed by atoms with van der Waals surface area (Å²) in [6, 6.07) is 1.63. The molecule has 0 aliphatic carbocycles. The van der Waals surface area contributed by atoms with Gasteiger partial charge in [-0.05, 0) is 180 Å². The standard InChI is InChI=1S/2C12H26N3.3C10H22N3.C9H20N3.6Co/c1-7-15(8-2)9-11(3)13-10-14-12(4,5)6;1-7-15(8-2)11(3)9-13-10-14-12(4,5)6;1-9(7-13(5)6)11-8-12-10(2,3)4;1-9(13(5)6)7-11-8-12-10(2,3)4;1-6-13(7-2)9-11-8-12-10(3,4)5;1-9(2,3)11-8-10-6-7-12(4)5;;;;;;/h2*10-11H,7-9H2,1-6H3;2*8-9H,7H2,1-6H3;8H,6-7,9H2,1-5H3;8H,6-7H2,1-5H3;;;;;;/q6*-1;;;;;;. The molecule has 0 saturated carbocycles. The Hall–Kier alpha value is -0.381. The van der Waals surface area contributed by atoms with Crippen molar-refractivity contribution in [3.05, 3.63) is 31.9 Å². The molecule has 540 valence electrons. The first-order valence-electron chi connectivity index (χ1n) is 30.3. The van der Waals surface area contributed by atoms with Crippen LogP contribution in [0.1, 0.15) is 194 Å². The monoisotopic (exact) mass is 1500 g/mol. The van der Waals surface area contributed by atoms with Crippen LogP contribution in [0.2, 0.25) is 0 Å². The van der Waals surface area contributed by atoms with Crippen LogP contribution >= 0.6 is 0 Å². The number of aliphatic imine (C=N–C) groups is 6. The summed E-state index contributed by atoms with van der Waals surface area (Å²) >= 11 is 0. The van der Waals surface area contributed by atoms with E-state index in [1.807, 2.05) is 28.2 Å². The van der Waals surface area contributed by atoms with Crippen LogP contribution in [-0.2, 0) is 101 Å². The Bertz CT molecular complexity index is 1540. The zero-order valence-corrected chi connectivity index (χ0v) is 68.3. The summed E-state index contributed by atoms with van der Waals surface area (Å²) in [5.74, 6) is 0. The van der Waals surface area contributed by atoms with Gasteiger partial charge in [0.15, 0.2) is 0 Å². The van der Waals surface area contributed by atoms with Gasteiger partial charge < -0.3 is 91.3 Å². The summed E-state index contributed by atoms with van der Waals surface area (Å²) in [7, 11) is 12.3. The third-order valence-corrected chi connectivity index (χ3v) is 10.6. The summed E-state index contributed by atoms with van der Waals surface area (Å²) < 4.78 is 0. The van der Waals surface area contributed by atoms with Gasteiger partial charge in [-0.25, -0.2) is 0 Å². The maximum atomic E-state index is 4.41. The minimum atomic E-state index is -0.0155. The predicted octanol–water partition coefficient (Wildman–Crippen LogP) is 14.3. The van der Waals surface area contributed by atoms with E-state index in [9.17, 15) is 0 Å². The van der Waals surface area contributed by atoms with E-state index in [1.165, 1.54) is 0 Å². The SMILES string of the molecule is CC(CN(C)C)[N-]C=NC(C)(C)C.CC(C[N-]C=NC(C)(C)C)N(C)C.CCN(CC)C(C)C[N-]C=NC(C)(C)C.CCN(CC)CC(C)[N-]C=NC(C)(C)C.CCN(CC)C[N-]C=NC(C)(C)C.CN(C)CC[N-]C=NC(C)(C)C.[Co].[Co].[Co].[Co].[Co].[Co]. The van der Waals surface area contributed by atoms with E-state index < -0.39 is 0 Å². The van der Waals surface area contributed by atoms with Crippen LogP contribution < -0.4 is 0 Å². The number of hydrogen-bond acceptors (Lipinski definition) is 12. The van der Waals surface area contributed by atoms with Crippen molar-refractivity contribution in [2.24, 2.45) is 30.0 Å². The van der Waals surface area contributed by atoms with Crippen LogP contribution in [0.4, 0.5) is 0 Å². The fraction of sp³-hybridized carbons (Fsp3) is 0.905. The molecule has 0 aromatic carbocycles. The fourth-order valence-corrected chi connectivity index (χ4v) is 5.39. The smallest absolute Gasteiger partial charge is 0.00597 e. The largest absolute Gasteiger partial charge is 0.471 e. The molecule has 4 atom stereocenters. The second-order valence-electron chi connectivity index (χ2n) is 27.2. The quantitative estimate of drug-likeness (QED) is 0.0408. The van der Waals surface area contributed by atoms with Gasteiger partial charge in [0.25, 0.3) is 0 Å². The topological polar surface area (TPSA) is 178 Å². The molecule has 0 aromatic heterocycles. The van der Waals surface area contributed by atoms with Crippen molar-refractivity contribution >= 4 is 38.0 Å². The summed E-state index contributed by atoms with van der Waals surface area (Å²) in [5.41, 5.74) is -0.0546. The number of likely N-dealkylation sites (N-methyl/N-ethyl adjacent to an activating group) is 5. The van der Waals surface area contributed by atoms with Crippen LogP contribution in [-0.4, -0.2) is 252 Å². The van der Waals surface area contributed by atoms with E-state index in [2.05, 4.69) is 299 Å². The van der Waals surface area contributed by atoms with Gasteiger partial charge in [0.1, 0.15) is 0 Å². The maximum absolute atomic E-state index is 4.41. The Morgan fingerprint density at radius 2 is 0.632 bits per heavy atom. The van der Waals surface area contributed by atoms with Gasteiger partial charge in [-0.3, -0.25) is 0 Å². The minimum Gasteiger partial charge on any atom is -0.471 e. The molecule has 0 aromatic rings. The third-order valence-electron chi connectivity index (χ3n) is 10.6. The number of hydrogen-bond donors (Lipinski definition) is 0. The molecule has 87 heavy (non-hydrogen) atoms. The van der Waals surface area contributed by atoms with Crippen LogP contribution in [0.3, 0.4) is 0 Å². The number of nitrogens with zero attached hydrogens (tertiary/aromatic N) is 18. The first-order chi connectivity index (χ1) is 36.8. The van der Waals surface area contributed by atoms with Gasteiger partial charge in [0.05, 0.1) is 0 Å². The molecule has 0 aliphatic rings. The second kappa shape index (κ2) is 65.7. The Labute approximate surface area is 604 Å². The molecule has 0 heterocycles. The van der Waals surface area contributed by atoms with Gasteiger partial charge >= 0.3 is 0 Å². The average Bonchev–Trinajstić information content (AvgIpc) is 3.30. The van der Waals surface area contributed by atoms with E-state index in [1.54, 1.807) is 38.0 Å². The predicted molar refractivity (Wildman–Crippen MR) is 371 cm³/mol. The van der Waals surface area contributed by atoms with Crippen molar-refractivity contribution in [2.75, 3.05) is 127 Å². The Morgan fingerprint density at radius 1 is 0.345 bits per heavy atom. The molecular weight excluding hydrogens is 1360 g/mol. The molecule has 0 N–H and O–H groups in total. The van der Waals surface area contributed by atoms with Gasteiger partial charge in [-0.2, -0.15) is 0 Å². The summed E-state index contributed by atoms with van der Waals surface area (Å²) in [4.78, 5) is 39.2. The molecule has 0 amide bonds. The van der Waals surface area contributed by atoms with Crippen molar-refractivity contribution in [1.82, 2.24) is 29.4 Å². The average molecular weight is 1500 g/mol. The molecule has 0 spiro atoms. The van der Waals surface area contributed by atoms with Gasteiger partial charge in [-0.1, -0.05) is 180 Å². The van der Waals surface area contributed by atoms with Crippen LogP contribution in [0.25, 0.3) is 31.9 Å². The van der Waals surface area contributed by atoms with Crippen molar-refractivity contribution < 1.29 is 101 Å². The van der Waals surface area contributed by atoms with Gasteiger partial charge in [0.2, 0.25) is 0 Å². The molecule has 0 aliphatic heterocycles. The molecular formula is C63H138Co6N18-6. The van der Waals surface area contributed by atoms with Crippen molar-refractivity contribution in [1.29, 1.82) is 0 Å². The van der Waals surface area contributed by atoms with E-state index in [0.29, 0.717) is 24.2 Å². The summed E-state index contributed by atoms with van der Waals surface area (Å²) in [6.07, 6.45) is 10.1. The van der Waals surface area contributed by atoms with Crippen LogP contribution in [0.5, 0.6) is 0 Å². The Morgan fingerprint density at radius 3 is 0.908 bits per heavy atom. The first-order valence-corrected chi connectivity index (χ1v) is 30.3. The zero-order chi connectivity index (χ0) is 64.7. The normalized spacial score (nSPS) is 13.4. The fourth-order valence-electron chi connectivity index (χ4n) is 5.39.